The number of piperazine rings is 1. The van der Waals surface area contributed by atoms with Crippen LogP contribution in [0.25, 0.3) is 0 Å². The van der Waals surface area contributed by atoms with E-state index in [0.717, 1.165) is 50.5 Å². The Morgan fingerprint density at radius 1 is 1.42 bits per heavy atom. The molecule has 2 aliphatic rings. The molecule has 102 valence electrons. The highest BCUT2D eigenvalue weighted by molar-refractivity contribution is 5.78. The summed E-state index contributed by atoms with van der Waals surface area (Å²) in [5.41, 5.74) is 1.09. The van der Waals surface area contributed by atoms with Crippen LogP contribution >= 0.6 is 0 Å². The molecule has 0 aromatic carbocycles. The normalized spacial score (nSPS) is 23.5. The fourth-order valence-corrected chi connectivity index (χ4v) is 3.01. The molecule has 1 unspecified atom stereocenters. The van der Waals surface area contributed by atoms with E-state index >= 15 is 0 Å². The van der Waals surface area contributed by atoms with E-state index in [1.54, 1.807) is 0 Å². The van der Waals surface area contributed by atoms with Crippen molar-refractivity contribution < 1.29 is 4.79 Å². The van der Waals surface area contributed by atoms with Crippen molar-refractivity contribution in [2.75, 3.05) is 32.0 Å². The van der Waals surface area contributed by atoms with Crippen molar-refractivity contribution in [1.29, 1.82) is 0 Å². The number of fused-ring (bicyclic) bond motifs is 1. The van der Waals surface area contributed by atoms with E-state index < -0.39 is 0 Å². The van der Waals surface area contributed by atoms with Gasteiger partial charge < -0.3 is 10.2 Å². The van der Waals surface area contributed by atoms with Crippen molar-refractivity contribution in [1.82, 2.24) is 14.8 Å². The molecule has 3 heterocycles. The van der Waals surface area contributed by atoms with Crippen LogP contribution in [0.4, 0.5) is 5.82 Å². The minimum atomic E-state index is 0.333. The lowest BCUT2D eigenvalue weighted by Gasteiger charge is -2.37. The van der Waals surface area contributed by atoms with Crippen molar-refractivity contribution in [3.63, 3.8) is 0 Å². The summed E-state index contributed by atoms with van der Waals surface area (Å²) in [4.78, 5) is 20.7. The molecule has 5 nitrogen and oxygen atoms in total. The van der Waals surface area contributed by atoms with Crippen molar-refractivity contribution in [2.45, 2.75) is 25.4 Å². The molecule has 2 aliphatic heterocycles. The summed E-state index contributed by atoms with van der Waals surface area (Å²) < 4.78 is 0. The Bertz CT molecular complexity index is 476. The summed E-state index contributed by atoms with van der Waals surface area (Å²) in [6, 6.07) is 6.49. The number of hydrogen-bond donors (Lipinski definition) is 1. The third-order valence-corrected chi connectivity index (χ3v) is 4.03. The van der Waals surface area contributed by atoms with E-state index in [-0.39, 0.29) is 0 Å². The van der Waals surface area contributed by atoms with Gasteiger partial charge in [-0.05, 0) is 18.6 Å². The van der Waals surface area contributed by atoms with Gasteiger partial charge in [-0.15, -0.1) is 0 Å². The zero-order valence-corrected chi connectivity index (χ0v) is 11.3. The first-order chi connectivity index (χ1) is 9.26. The second kappa shape index (κ2) is 5.17. The van der Waals surface area contributed by atoms with E-state index in [2.05, 4.69) is 21.3 Å². The van der Waals surface area contributed by atoms with Gasteiger partial charge in [-0.3, -0.25) is 9.69 Å². The van der Waals surface area contributed by atoms with Crippen LogP contribution in [0.3, 0.4) is 0 Å². The predicted molar refractivity (Wildman–Crippen MR) is 73.8 cm³/mol. The van der Waals surface area contributed by atoms with Gasteiger partial charge in [-0.1, -0.05) is 6.07 Å². The van der Waals surface area contributed by atoms with Crippen LogP contribution in [0.2, 0.25) is 0 Å². The van der Waals surface area contributed by atoms with Gasteiger partial charge in [0.15, 0.2) is 0 Å². The molecule has 0 radical (unpaired) electrons. The first kappa shape index (κ1) is 12.4. The Morgan fingerprint density at radius 3 is 3.16 bits per heavy atom. The van der Waals surface area contributed by atoms with Crippen LogP contribution in [0.15, 0.2) is 18.2 Å². The third-order valence-electron chi connectivity index (χ3n) is 4.03. The number of amides is 1. The number of carbonyl (C=O) groups excluding carboxylic acids is 1. The Morgan fingerprint density at radius 2 is 2.32 bits per heavy atom. The van der Waals surface area contributed by atoms with Gasteiger partial charge in [0.05, 0.1) is 5.69 Å². The first-order valence-corrected chi connectivity index (χ1v) is 6.92. The third kappa shape index (κ3) is 2.56. The number of hydrogen-bond acceptors (Lipinski definition) is 4. The highest BCUT2D eigenvalue weighted by Gasteiger charge is 2.35. The molecule has 0 aliphatic carbocycles. The molecular weight excluding hydrogens is 240 g/mol. The van der Waals surface area contributed by atoms with E-state index in [1.165, 1.54) is 0 Å². The molecule has 1 atom stereocenters. The lowest BCUT2D eigenvalue weighted by Crippen LogP contribution is -2.51. The SMILES string of the molecule is CNc1cccc(CN2CCN3C(=O)CCC3C2)n1. The molecule has 3 rings (SSSR count). The standard InChI is InChI=1S/C14H20N4O/c1-15-13-4-2-3-11(16-13)9-17-7-8-18-12(10-17)5-6-14(18)19/h2-4,12H,5-10H2,1H3,(H,15,16). The van der Waals surface area contributed by atoms with Crippen molar-refractivity contribution >= 4 is 11.7 Å². The van der Waals surface area contributed by atoms with Crippen LogP contribution in [-0.2, 0) is 11.3 Å². The Labute approximate surface area is 113 Å². The first-order valence-electron chi connectivity index (χ1n) is 6.92. The molecule has 19 heavy (non-hydrogen) atoms. The monoisotopic (exact) mass is 260 g/mol. The zero-order valence-electron chi connectivity index (χ0n) is 11.3. The molecule has 1 N–H and O–H groups in total. The number of aromatic nitrogens is 1. The van der Waals surface area contributed by atoms with Gasteiger partial charge in [0.2, 0.25) is 5.91 Å². The van der Waals surface area contributed by atoms with Crippen LogP contribution in [0.5, 0.6) is 0 Å². The fraction of sp³-hybridized carbons (Fsp3) is 0.571. The van der Waals surface area contributed by atoms with Gasteiger partial charge in [0.1, 0.15) is 5.82 Å². The minimum absolute atomic E-state index is 0.333. The summed E-state index contributed by atoms with van der Waals surface area (Å²) in [5.74, 6) is 1.24. The van der Waals surface area contributed by atoms with Crippen molar-refractivity contribution in [3.8, 4) is 0 Å². The smallest absolute Gasteiger partial charge is 0.222 e. The van der Waals surface area contributed by atoms with E-state index in [0.29, 0.717) is 11.9 Å². The van der Waals surface area contributed by atoms with E-state index in [1.807, 2.05) is 24.1 Å². The zero-order chi connectivity index (χ0) is 13.2. The molecule has 5 heteroatoms. The van der Waals surface area contributed by atoms with Gasteiger partial charge in [-0.25, -0.2) is 4.98 Å². The Hall–Kier alpha value is -1.62. The maximum atomic E-state index is 11.6. The minimum Gasteiger partial charge on any atom is -0.373 e. The molecular formula is C14H20N4O. The summed E-state index contributed by atoms with van der Waals surface area (Å²) in [5, 5.41) is 3.06. The maximum Gasteiger partial charge on any atom is 0.222 e. The fourth-order valence-electron chi connectivity index (χ4n) is 3.01. The molecule has 2 fully saturated rings. The van der Waals surface area contributed by atoms with Crippen LogP contribution in [-0.4, -0.2) is 53.4 Å². The molecule has 0 spiro atoms. The second-order valence-electron chi connectivity index (χ2n) is 5.28. The number of anilines is 1. The topological polar surface area (TPSA) is 48.5 Å². The predicted octanol–water partition coefficient (Wildman–Crippen LogP) is 0.930. The molecule has 0 saturated carbocycles. The van der Waals surface area contributed by atoms with E-state index in [9.17, 15) is 4.79 Å². The highest BCUT2D eigenvalue weighted by Crippen LogP contribution is 2.23. The Balaban J connectivity index is 1.63. The Kier molecular flexibility index (Phi) is 3.38. The summed E-state index contributed by atoms with van der Waals surface area (Å²) >= 11 is 0. The van der Waals surface area contributed by atoms with Crippen LogP contribution < -0.4 is 5.32 Å². The average Bonchev–Trinajstić information content (AvgIpc) is 2.80. The van der Waals surface area contributed by atoms with Gasteiger partial charge >= 0.3 is 0 Å². The number of carbonyl (C=O) groups is 1. The van der Waals surface area contributed by atoms with Gasteiger partial charge in [-0.2, -0.15) is 0 Å². The summed E-state index contributed by atoms with van der Waals surface area (Å²) in [6.07, 6.45) is 1.74. The highest BCUT2D eigenvalue weighted by atomic mass is 16.2. The van der Waals surface area contributed by atoms with Crippen molar-refractivity contribution in [2.24, 2.45) is 0 Å². The molecule has 1 amide bonds. The molecule has 1 aromatic heterocycles. The molecule has 2 saturated heterocycles. The van der Waals surface area contributed by atoms with Gasteiger partial charge in [0, 0.05) is 45.7 Å². The van der Waals surface area contributed by atoms with Gasteiger partial charge in [0.25, 0.3) is 0 Å². The van der Waals surface area contributed by atoms with Crippen LogP contribution in [0.1, 0.15) is 18.5 Å². The molecule has 1 aromatic rings. The number of rotatable bonds is 3. The lowest BCUT2D eigenvalue weighted by atomic mass is 10.1. The number of nitrogens with zero attached hydrogens (tertiary/aromatic N) is 3. The number of pyridine rings is 1. The number of nitrogens with one attached hydrogen (secondary N) is 1. The lowest BCUT2D eigenvalue weighted by molar-refractivity contribution is -0.130. The average molecular weight is 260 g/mol. The molecule has 0 bridgehead atoms. The largest absolute Gasteiger partial charge is 0.373 e. The van der Waals surface area contributed by atoms with Crippen molar-refractivity contribution in [3.05, 3.63) is 23.9 Å². The second-order valence-corrected chi connectivity index (χ2v) is 5.28. The summed E-state index contributed by atoms with van der Waals surface area (Å²) in [7, 11) is 1.88. The van der Waals surface area contributed by atoms with Crippen LogP contribution in [0, 0.1) is 0 Å². The van der Waals surface area contributed by atoms with E-state index in [4.69, 9.17) is 0 Å². The summed E-state index contributed by atoms with van der Waals surface area (Å²) in [6.45, 7) is 3.67. The quantitative estimate of drug-likeness (QED) is 0.878. The maximum absolute atomic E-state index is 11.6.